The second kappa shape index (κ2) is 6.42. The Morgan fingerprint density at radius 2 is 2.11 bits per heavy atom. The third-order valence-corrected chi connectivity index (χ3v) is 2.47. The van der Waals surface area contributed by atoms with Crippen LogP contribution in [0.5, 0.6) is 0 Å². The average molecular weight is 246 g/mol. The lowest BCUT2D eigenvalue weighted by Crippen LogP contribution is -2.15. The molecule has 0 aliphatic carbocycles. The summed E-state index contributed by atoms with van der Waals surface area (Å²) >= 11 is 0. The van der Waals surface area contributed by atoms with Crippen LogP contribution in [0.25, 0.3) is 6.08 Å². The van der Waals surface area contributed by atoms with Gasteiger partial charge >= 0.3 is 5.97 Å². The predicted octanol–water partition coefficient (Wildman–Crippen LogP) is 2.28. The van der Waals surface area contributed by atoms with Gasteiger partial charge in [-0.15, -0.1) is 0 Å². The number of carbonyl (C=O) groups is 1. The Morgan fingerprint density at radius 3 is 2.56 bits per heavy atom. The Morgan fingerprint density at radius 1 is 1.50 bits per heavy atom. The highest BCUT2D eigenvalue weighted by Crippen LogP contribution is 2.13. The van der Waals surface area contributed by atoms with Gasteiger partial charge in [0.2, 0.25) is 0 Å². The van der Waals surface area contributed by atoms with Crippen LogP contribution in [-0.2, 0) is 20.9 Å². The molecule has 0 aliphatic heterocycles. The second-order valence-corrected chi connectivity index (χ2v) is 3.76. The lowest BCUT2D eigenvalue weighted by atomic mass is 10.1. The van der Waals surface area contributed by atoms with Crippen LogP contribution in [0.2, 0.25) is 0 Å². The number of aliphatic carboxylic acids is 1. The van der Waals surface area contributed by atoms with Crippen LogP contribution in [-0.4, -0.2) is 17.0 Å². The van der Waals surface area contributed by atoms with Crippen molar-refractivity contribution in [3.63, 3.8) is 0 Å². The van der Waals surface area contributed by atoms with E-state index in [4.69, 9.17) is 9.84 Å². The predicted molar refractivity (Wildman–Crippen MR) is 67.3 cm³/mol. The zero-order valence-electron chi connectivity index (χ0n) is 10.1. The van der Waals surface area contributed by atoms with Gasteiger partial charge in [-0.1, -0.05) is 36.9 Å². The Balaban J connectivity index is 2.65. The Kier molecular flexibility index (Phi) is 4.90. The van der Waals surface area contributed by atoms with Crippen LogP contribution in [0.1, 0.15) is 18.1 Å². The van der Waals surface area contributed by atoms with Gasteiger partial charge in [0.15, 0.2) is 11.7 Å². The SMILES string of the molecule is C=Cc1ccc(COC(=C=O)C(C)C(=O)O)cc1. The summed E-state index contributed by atoms with van der Waals surface area (Å²) in [5.74, 6) is -0.782. The molecule has 0 heterocycles. The average Bonchev–Trinajstić information content (AvgIpc) is 2.39. The largest absolute Gasteiger partial charge is 0.481 e. The number of carboxylic acids is 1. The normalized spacial score (nSPS) is 11.2. The summed E-state index contributed by atoms with van der Waals surface area (Å²) in [5, 5.41) is 8.76. The molecular weight excluding hydrogens is 232 g/mol. The summed E-state index contributed by atoms with van der Waals surface area (Å²) in [6.07, 6.45) is 1.72. The molecule has 0 amide bonds. The van der Waals surface area contributed by atoms with E-state index in [0.29, 0.717) is 0 Å². The van der Waals surface area contributed by atoms with Crippen molar-refractivity contribution >= 4 is 18.0 Å². The molecule has 1 unspecified atom stereocenters. The third kappa shape index (κ3) is 3.61. The molecule has 1 aromatic carbocycles. The summed E-state index contributed by atoms with van der Waals surface area (Å²) in [4.78, 5) is 21.3. The molecule has 0 aliphatic rings. The van der Waals surface area contributed by atoms with Gasteiger partial charge in [-0.3, -0.25) is 4.79 Å². The molecule has 1 rings (SSSR count). The fraction of sp³-hybridized carbons (Fsp3) is 0.214. The standard InChI is InChI=1S/C14H14O4/c1-3-11-4-6-12(7-5-11)9-18-13(8-15)10(2)14(16)17/h3-7,10H,1,9H2,2H3,(H,16,17). The van der Waals surface area contributed by atoms with E-state index in [1.807, 2.05) is 24.3 Å². The molecule has 0 saturated heterocycles. The molecular formula is C14H14O4. The third-order valence-electron chi connectivity index (χ3n) is 2.47. The Hall–Kier alpha value is -2.32. The van der Waals surface area contributed by atoms with Crippen molar-refractivity contribution in [3.8, 4) is 0 Å². The van der Waals surface area contributed by atoms with Crippen LogP contribution in [0.15, 0.2) is 36.6 Å². The molecule has 4 nitrogen and oxygen atoms in total. The monoisotopic (exact) mass is 246 g/mol. The lowest BCUT2D eigenvalue weighted by Gasteiger charge is -2.10. The maximum atomic E-state index is 10.7. The van der Waals surface area contributed by atoms with E-state index in [0.717, 1.165) is 11.1 Å². The summed E-state index contributed by atoms with van der Waals surface area (Å²) < 4.78 is 5.16. The van der Waals surface area contributed by atoms with Crippen LogP contribution >= 0.6 is 0 Å². The number of hydrogen-bond acceptors (Lipinski definition) is 3. The van der Waals surface area contributed by atoms with E-state index in [-0.39, 0.29) is 12.4 Å². The molecule has 0 aromatic heterocycles. The van der Waals surface area contributed by atoms with Gasteiger partial charge in [0.25, 0.3) is 0 Å². The molecule has 0 spiro atoms. The molecule has 0 fully saturated rings. The first-order valence-electron chi connectivity index (χ1n) is 5.40. The Labute approximate surface area is 105 Å². The highest BCUT2D eigenvalue weighted by atomic mass is 16.5. The smallest absolute Gasteiger partial charge is 0.314 e. The molecule has 0 bridgehead atoms. The summed E-state index contributed by atoms with van der Waals surface area (Å²) in [6.45, 7) is 5.16. The number of rotatable bonds is 6. The fourth-order valence-electron chi connectivity index (χ4n) is 1.27. The van der Waals surface area contributed by atoms with Crippen molar-refractivity contribution in [1.82, 2.24) is 0 Å². The zero-order chi connectivity index (χ0) is 13.5. The van der Waals surface area contributed by atoms with Gasteiger partial charge < -0.3 is 9.84 Å². The van der Waals surface area contributed by atoms with Crippen LogP contribution < -0.4 is 0 Å². The van der Waals surface area contributed by atoms with Crippen molar-refractivity contribution in [2.24, 2.45) is 5.92 Å². The first-order valence-corrected chi connectivity index (χ1v) is 5.40. The van der Waals surface area contributed by atoms with Crippen molar-refractivity contribution in [1.29, 1.82) is 0 Å². The molecule has 0 saturated carbocycles. The fourth-order valence-corrected chi connectivity index (χ4v) is 1.27. The topological polar surface area (TPSA) is 63.6 Å². The van der Waals surface area contributed by atoms with Crippen molar-refractivity contribution in [2.75, 3.05) is 0 Å². The van der Waals surface area contributed by atoms with Crippen LogP contribution in [0.3, 0.4) is 0 Å². The van der Waals surface area contributed by atoms with E-state index in [9.17, 15) is 9.59 Å². The van der Waals surface area contributed by atoms with E-state index >= 15 is 0 Å². The highest BCUT2D eigenvalue weighted by molar-refractivity contribution is 5.75. The van der Waals surface area contributed by atoms with Crippen molar-refractivity contribution < 1.29 is 19.4 Å². The van der Waals surface area contributed by atoms with Crippen LogP contribution in [0, 0.1) is 5.92 Å². The first-order chi connectivity index (χ1) is 8.58. The minimum Gasteiger partial charge on any atom is -0.481 e. The van der Waals surface area contributed by atoms with Gasteiger partial charge in [0.05, 0.1) is 0 Å². The van der Waals surface area contributed by atoms with E-state index in [1.54, 1.807) is 6.08 Å². The Bertz CT molecular complexity index is 481. The minimum absolute atomic E-state index is 0.139. The molecule has 0 radical (unpaired) electrons. The van der Waals surface area contributed by atoms with E-state index in [1.165, 1.54) is 12.9 Å². The molecule has 94 valence electrons. The zero-order valence-corrected chi connectivity index (χ0v) is 10.1. The highest BCUT2D eigenvalue weighted by Gasteiger charge is 2.19. The van der Waals surface area contributed by atoms with E-state index in [2.05, 4.69) is 6.58 Å². The molecule has 1 aromatic rings. The number of ether oxygens (including phenoxy) is 1. The first kappa shape index (κ1) is 13.7. The van der Waals surface area contributed by atoms with Gasteiger partial charge in [-0.2, -0.15) is 0 Å². The second-order valence-electron chi connectivity index (χ2n) is 3.76. The van der Waals surface area contributed by atoms with Gasteiger partial charge in [-0.25, -0.2) is 4.79 Å². The maximum Gasteiger partial charge on any atom is 0.314 e. The van der Waals surface area contributed by atoms with Gasteiger partial charge in [0.1, 0.15) is 12.5 Å². The number of carbonyl (C=O) groups excluding carboxylic acids is 1. The maximum absolute atomic E-state index is 10.7. The molecule has 18 heavy (non-hydrogen) atoms. The number of hydrogen-bond donors (Lipinski definition) is 1. The van der Waals surface area contributed by atoms with Crippen LogP contribution in [0.4, 0.5) is 0 Å². The molecule has 1 atom stereocenters. The summed E-state index contributed by atoms with van der Waals surface area (Å²) in [7, 11) is 0. The number of carboxylic acid groups (broad SMARTS) is 1. The van der Waals surface area contributed by atoms with Gasteiger partial charge in [-0.05, 0) is 18.1 Å². The molecule has 4 heteroatoms. The lowest BCUT2D eigenvalue weighted by molar-refractivity contribution is -0.141. The molecule has 1 N–H and O–H groups in total. The van der Waals surface area contributed by atoms with Crippen molar-refractivity contribution in [2.45, 2.75) is 13.5 Å². The minimum atomic E-state index is -1.12. The summed E-state index contributed by atoms with van der Waals surface area (Å²) in [5.41, 5.74) is 1.81. The quantitative estimate of drug-likeness (QED) is 0.617. The van der Waals surface area contributed by atoms with Crippen molar-refractivity contribution in [3.05, 3.63) is 47.7 Å². The summed E-state index contributed by atoms with van der Waals surface area (Å²) in [6, 6.07) is 7.36. The number of benzene rings is 1. The van der Waals surface area contributed by atoms with Gasteiger partial charge in [0, 0.05) is 0 Å². The van der Waals surface area contributed by atoms with E-state index < -0.39 is 11.9 Å².